The normalized spacial score (nSPS) is 10.2. The highest BCUT2D eigenvalue weighted by Gasteiger charge is 2.20. The number of rotatable bonds is 2. The second-order valence-corrected chi connectivity index (χ2v) is 4.73. The first-order valence-corrected chi connectivity index (χ1v) is 5.95. The van der Waals surface area contributed by atoms with E-state index in [0.29, 0.717) is 10.0 Å². The van der Waals surface area contributed by atoms with Crippen LogP contribution < -0.4 is 0 Å². The molecule has 2 aromatic rings. The van der Waals surface area contributed by atoms with Crippen molar-refractivity contribution in [1.29, 1.82) is 0 Å². The van der Waals surface area contributed by atoms with Crippen LogP contribution in [0.4, 0.5) is 5.69 Å². The van der Waals surface area contributed by atoms with Gasteiger partial charge in [-0.15, -0.1) is 0 Å². The second kappa shape index (κ2) is 4.85. The van der Waals surface area contributed by atoms with E-state index in [-0.39, 0.29) is 10.7 Å². The number of hydrogen-bond acceptors (Lipinski definition) is 2. The zero-order valence-electron chi connectivity index (χ0n) is 8.56. The number of nitro groups is 1. The van der Waals surface area contributed by atoms with Gasteiger partial charge < -0.3 is 0 Å². The highest BCUT2D eigenvalue weighted by molar-refractivity contribution is 9.10. The van der Waals surface area contributed by atoms with Crippen molar-refractivity contribution in [3.05, 3.63) is 62.1 Å². The first-order chi connectivity index (χ1) is 8.09. The molecule has 17 heavy (non-hydrogen) atoms. The molecular formula is C12H7BrClNO2. The Kier molecular flexibility index (Phi) is 3.45. The van der Waals surface area contributed by atoms with Crippen LogP contribution in [0.1, 0.15) is 0 Å². The van der Waals surface area contributed by atoms with E-state index in [9.17, 15) is 10.1 Å². The Balaban J connectivity index is 2.72. The first-order valence-electron chi connectivity index (χ1n) is 4.78. The van der Waals surface area contributed by atoms with Gasteiger partial charge in [0, 0.05) is 4.47 Å². The lowest BCUT2D eigenvalue weighted by Crippen LogP contribution is -1.93. The van der Waals surface area contributed by atoms with Gasteiger partial charge in [0.25, 0.3) is 5.69 Å². The van der Waals surface area contributed by atoms with Crippen molar-refractivity contribution in [3.63, 3.8) is 0 Å². The fraction of sp³-hybridized carbons (Fsp3) is 0. The molecule has 0 atom stereocenters. The van der Waals surface area contributed by atoms with Crippen LogP contribution >= 0.6 is 27.5 Å². The summed E-state index contributed by atoms with van der Waals surface area (Å²) < 4.78 is 0.715. The standard InChI is InChI=1S/C12H7BrClNO2/c13-9-6-10(8-4-2-1-3-5-8)12(15(16)17)11(14)7-9/h1-7H. The highest BCUT2D eigenvalue weighted by atomic mass is 79.9. The Labute approximate surface area is 111 Å². The predicted molar refractivity (Wildman–Crippen MR) is 71.2 cm³/mol. The lowest BCUT2D eigenvalue weighted by Gasteiger charge is -2.05. The number of halogens is 2. The summed E-state index contributed by atoms with van der Waals surface area (Å²) in [5, 5.41) is 11.2. The largest absolute Gasteiger partial charge is 0.295 e. The molecule has 0 unspecified atom stereocenters. The van der Waals surface area contributed by atoms with Crippen molar-refractivity contribution < 1.29 is 4.92 Å². The second-order valence-electron chi connectivity index (χ2n) is 3.41. The third-order valence-corrected chi connectivity index (χ3v) is 3.04. The lowest BCUT2D eigenvalue weighted by atomic mass is 10.0. The molecule has 0 saturated heterocycles. The summed E-state index contributed by atoms with van der Waals surface area (Å²) in [6, 6.07) is 12.3. The van der Waals surface area contributed by atoms with Crippen molar-refractivity contribution in [2.45, 2.75) is 0 Å². The van der Waals surface area contributed by atoms with E-state index in [4.69, 9.17) is 11.6 Å². The van der Waals surface area contributed by atoms with Crippen LogP contribution in [0, 0.1) is 10.1 Å². The van der Waals surface area contributed by atoms with Gasteiger partial charge in [0.2, 0.25) is 0 Å². The van der Waals surface area contributed by atoms with Gasteiger partial charge in [-0.1, -0.05) is 57.9 Å². The Morgan fingerprint density at radius 3 is 2.41 bits per heavy atom. The van der Waals surface area contributed by atoms with Crippen molar-refractivity contribution in [3.8, 4) is 11.1 Å². The zero-order valence-corrected chi connectivity index (χ0v) is 10.9. The van der Waals surface area contributed by atoms with Crippen molar-refractivity contribution in [1.82, 2.24) is 0 Å². The third kappa shape index (κ3) is 2.48. The van der Waals surface area contributed by atoms with E-state index < -0.39 is 4.92 Å². The molecule has 3 nitrogen and oxygen atoms in total. The summed E-state index contributed by atoms with van der Waals surface area (Å²) in [7, 11) is 0. The molecule has 0 aliphatic carbocycles. The van der Waals surface area contributed by atoms with Crippen LogP contribution in [0.2, 0.25) is 5.02 Å². The molecule has 0 radical (unpaired) electrons. The van der Waals surface area contributed by atoms with Gasteiger partial charge in [-0.3, -0.25) is 10.1 Å². The quantitative estimate of drug-likeness (QED) is 0.597. The molecule has 0 aliphatic rings. The molecule has 0 fully saturated rings. The minimum atomic E-state index is -0.461. The SMILES string of the molecule is O=[N+]([O-])c1c(Cl)cc(Br)cc1-c1ccccc1. The summed E-state index contributed by atoms with van der Waals surface area (Å²) in [5.74, 6) is 0. The predicted octanol–water partition coefficient (Wildman–Crippen LogP) is 4.68. The molecule has 0 N–H and O–H groups in total. The minimum Gasteiger partial charge on any atom is -0.258 e. The molecule has 0 saturated carbocycles. The number of nitrogens with zero attached hydrogens (tertiary/aromatic N) is 1. The van der Waals surface area contributed by atoms with Crippen LogP contribution in [0.25, 0.3) is 11.1 Å². The van der Waals surface area contributed by atoms with Gasteiger partial charge in [0.05, 0.1) is 10.5 Å². The van der Waals surface area contributed by atoms with Crippen LogP contribution in [-0.4, -0.2) is 4.92 Å². The topological polar surface area (TPSA) is 43.1 Å². The van der Waals surface area contributed by atoms with Gasteiger partial charge in [0.1, 0.15) is 5.02 Å². The van der Waals surface area contributed by atoms with Crippen LogP contribution in [0.15, 0.2) is 46.9 Å². The summed E-state index contributed by atoms with van der Waals surface area (Å²) in [6.07, 6.45) is 0. The molecule has 0 bridgehead atoms. The van der Waals surface area contributed by atoms with Crippen LogP contribution in [0.3, 0.4) is 0 Å². The molecular weight excluding hydrogens is 305 g/mol. The average Bonchev–Trinajstić information content (AvgIpc) is 2.28. The average molecular weight is 313 g/mol. The van der Waals surface area contributed by atoms with Crippen LogP contribution in [0.5, 0.6) is 0 Å². The molecule has 2 rings (SSSR count). The molecule has 0 amide bonds. The number of benzene rings is 2. The molecule has 0 aromatic heterocycles. The summed E-state index contributed by atoms with van der Waals surface area (Å²) in [4.78, 5) is 10.6. The lowest BCUT2D eigenvalue weighted by molar-refractivity contribution is -0.384. The smallest absolute Gasteiger partial charge is 0.258 e. The summed E-state index contributed by atoms with van der Waals surface area (Å²) >= 11 is 9.19. The maximum Gasteiger partial charge on any atom is 0.295 e. The Hall–Kier alpha value is -1.39. The fourth-order valence-corrected chi connectivity index (χ4v) is 2.47. The Morgan fingerprint density at radius 1 is 1.18 bits per heavy atom. The third-order valence-electron chi connectivity index (χ3n) is 2.30. The van der Waals surface area contributed by atoms with Crippen molar-refractivity contribution in [2.75, 3.05) is 0 Å². The van der Waals surface area contributed by atoms with E-state index >= 15 is 0 Å². The van der Waals surface area contributed by atoms with Gasteiger partial charge >= 0.3 is 0 Å². The molecule has 0 heterocycles. The molecule has 0 aliphatic heterocycles. The van der Waals surface area contributed by atoms with E-state index in [1.165, 1.54) is 6.07 Å². The van der Waals surface area contributed by atoms with E-state index in [1.807, 2.05) is 30.3 Å². The number of nitro benzene ring substituents is 1. The maximum atomic E-state index is 11.0. The minimum absolute atomic E-state index is 0.0685. The molecule has 2 aromatic carbocycles. The van der Waals surface area contributed by atoms with Gasteiger partial charge in [0.15, 0.2) is 0 Å². The zero-order chi connectivity index (χ0) is 12.4. The molecule has 86 valence electrons. The van der Waals surface area contributed by atoms with Gasteiger partial charge in [-0.05, 0) is 17.7 Å². The van der Waals surface area contributed by atoms with Gasteiger partial charge in [-0.25, -0.2) is 0 Å². The first kappa shape index (κ1) is 12.1. The maximum absolute atomic E-state index is 11.0. The van der Waals surface area contributed by atoms with Crippen molar-refractivity contribution in [2.24, 2.45) is 0 Å². The number of hydrogen-bond donors (Lipinski definition) is 0. The fourth-order valence-electron chi connectivity index (χ4n) is 1.59. The summed E-state index contributed by atoms with van der Waals surface area (Å²) in [5.41, 5.74) is 1.21. The van der Waals surface area contributed by atoms with Crippen molar-refractivity contribution >= 4 is 33.2 Å². The molecule has 0 spiro atoms. The molecule has 5 heteroatoms. The van der Waals surface area contributed by atoms with Crippen LogP contribution in [-0.2, 0) is 0 Å². The Morgan fingerprint density at radius 2 is 1.82 bits per heavy atom. The highest BCUT2D eigenvalue weighted by Crippen LogP contribution is 2.38. The van der Waals surface area contributed by atoms with E-state index in [0.717, 1.165) is 5.56 Å². The Bertz CT molecular complexity index is 572. The van der Waals surface area contributed by atoms with E-state index in [1.54, 1.807) is 6.07 Å². The van der Waals surface area contributed by atoms with E-state index in [2.05, 4.69) is 15.9 Å². The summed E-state index contributed by atoms with van der Waals surface area (Å²) in [6.45, 7) is 0. The monoisotopic (exact) mass is 311 g/mol. The van der Waals surface area contributed by atoms with Gasteiger partial charge in [-0.2, -0.15) is 0 Å².